The Morgan fingerprint density at radius 1 is 1.39 bits per heavy atom. The highest BCUT2D eigenvalue weighted by Gasteiger charge is 2.07. The number of rotatable bonds is 6. The maximum Gasteiger partial charge on any atom is 0.141 e. The van der Waals surface area contributed by atoms with Crippen molar-refractivity contribution in [3.05, 3.63) is 42.7 Å². The van der Waals surface area contributed by atoms with E-state index in [1.165, 1.54) is 0 Å². The van der Waals surface area contributed by atoms with Gasteiger partial charge < -0.3 is 15.2 Å². The largest absolute Gasteiger partial charge is 0.495 e. The average Bonchev–Trinajstić information content (AvgIpc) is 2.89. The first kappa shape index (κ1) is 12.4. The van der Waals surface area contributed by atoms with Crippen LogP contribution in [0.4, 0.5) is 5.69 Å². The van der Waals surface area contributed by atoms with Crippen molar-refractivity contribution in [1.82, 2.24) is 9.78 Å². The van der Waals surface area contributed by atoms with E-state index in [1.807, 2.05) is 36.5 Å². The van der Waals surface area contributed by atoms with Gasteiger partial charge in [-0.05, 0) is 18.2 Å². The molecule has 0 bridgehead atoms. The minimum absolute atomic E-state index is 0.445. The quantitative estimate of drug-likeness (QED) is 0.809. The van der Waals surface area contributed by atoms with Gasteiger partial charge in [-0.3, -0.25) is 4.68 Å². The standard InChI is InChI=1S/C13H17N3O2/c1-18-13-6-3-2-5-12(13)14-9-11(17)10-16-8-4-7-15-16/h2-8,11,14,17H,9-10H2,1H3. The second kappa shape index (κ2) is 6.07. The van der Waals surface area contributed by atoms with Crippen LogP contribution in [-0.2, 0) is 6.54 Å². The number of para-hydroxylation sites is 2. The van der Waals surface area contributed by atoms with Crippen LogP contribution >= 0.6 is 0 Å². The lowest BCUT2D eigenvalue weighted by atomic mass is 10.2. The van der Waals surface area contributed by atoms with Gasteiger partial charge in [0.05, 0.1) is 25.4 Å². The van der Waals surface area contributed by atoms with Gasteiger partial charge in [0, 0.05) is 18.9 Å². The first-order valence-corrected chi connectivity index (χ1v) is 5.82. The molecule has 2 rings (SSSR count). The van der Waals surface area contributed by atoms with Crippen molar-refractivity contribution in [3.63, 3.8) is 0 Å². The molecule has 1 aromatic heterocycles. The number of aromatic nitrogens is 2. The van der Waals surface area contributed by atoms with E-state index < -0.39 is 6.10 Å². The second-order valence-electron chi connectivity index (χ2n) is 3.96. The average molecular weight is 247 g/mol. The number of methoxy groups -OCH3 is 1. The van der Waals surface area contributed by atoms with E-state index in [2.05, 4.69) is 10.4 Å². The summed E-state index contributed by atoms with van der Waals surface area (Å²) < 4.78 is 6.92. The first-order valence-electron chi connectivity index (χ1n) is 5.82. The van der Waals surface area contributed by atoms with Crippen molar-refractivity contribution in [2.45, 2.75) is 12.6 Å². The Labute approximate surface area is 106 Å². The summed E-state index contributed by atoms with van der Waals surface area (Å²) in [6.45, 7) is 0.912. The maximum absolute atomic E-state index is 9.88. The third-order valence-electron chi connectivity index (χ3n) is 2.59. The molecular weight excluding hydrogens is 230 g/mol. The Bertz CT molecular complexity index is 471. The number of benzene rings is 1. The van der Waals surface area contributed by atoms with Crippen molar-refractivity contribution < 1.29 is 9.84 Å². The van der Waals surface area contributed by atoms with Crippen LogP contribution in [0.2, 0.25) is 0 Å². The molecule has 1 unspecified atom stereocenters. The van der Waals surface area contributed by atoms with Crippen LogP contribution in [0, 0.1) is 0 Å². The SMILES string of the molecule is COc1ccccc1NCC(O)Cn1cccn1. The lowest BCUT2D eigenvalue weighted by Gasteiger charge is -2.14. The Morgan fingerprint density at radius 2 is 2.22 bits per heavy atom. The molecule has 0 fully saturated rings. The number of nitrogens with one attached hydrogen (secondary N) is 1. The molecule has 0 saturated heterocycles. The Morgan fingerprint density at radius 3 is 2.94 bits per heavy atom. The fourth-order valence-corrected chi connectivity index (χ4v) is 1.71. The summed E-state index contributed by atoms with van der Waals surface area (Å²) in [6, 6.07) is 9.46. The second-order valence-corrected chi connectivity index (χ2v) is 3.96. The van der Waals surface area contributed by atoms with Gasteiger partial charge in [-0.25, -0.2) is 0 Å². The van der Waals surface area contributed by atoms with Gasteiger partial charge in [0.2, 0.25) is 0 Å². The molecule has 1 atom stereocenters. The number of ether oxygens (including phenoxy) is 1. The number of anilines is 1. The molecule has 0 aliphatic carbocycles. The smallest absolute Gasteiger partial charge is 0.141 e. The lowest BCUT2D eigenvalue weighted by molar-refractivity contribution is 0.161. The third kappa shape index (κ3) is 3.24. The van der Waals surface area contributed by atoms with E-state index >= 15 is 0 Å². The lowest BCUT2D eigenvalue weighted by Crippen LogP contribution is -2.25. The van der Waals surface area contributed by atoms with Gasteiger partial charge in [-0.15, -0.1) is 0 Å². The summed E-state index contributed by atoms with van der Waals surface area (Å²) in [4.78, 5) is 0. The molecule has 18 heavy (non-hydrogen) atoms. The number of hydrogen-bond donors (Lipinski definition) is 2. The molecule has 2 aromatic rings. The van der Waals surface area contributed by atoms with Gasteiger partial charge in [0.25, 0.3) is 0 Å². The highest BCUT2D eigenvalue weighted by atomic mass is 16.5. The number of aliphatic hydroxyl groups is 1. The molecule has 0 spiro atoms. The number of nitrogens with zero attached hydrogens (tertiary/aromatic N) is 2. The molecule has 1 aromatic carbocycles. The van der Waals surface area contributed by atoms with Crippen molar-refractivity contribution >= 4 is 5.69 Å². The topological polar surface area (TPSA) is 59.3 Å². The van der Waals surface area contributed by atoms with Crippen LogP contribution in [0.1, 0.15) is 0 Å². The van der Waals surface area contributed by atoms with E-state index in [4.69, 9.17) is 4.74 Å². The van der Waals surface area contributed by atoms with Crippen molar-refractivity contribution in [2.24, 2.45) is 0 Å². The van der Waals surface area contributed by atoms with E-state index in [1.54, 1.807) is 18.0 Å². The number of aliphatic hydroxyl groups excluding tert-OH is 1. The summed E-state index contributed by atoms with van der Waals surface area (Å²) in [5.74, 6) is 0.767. The number of hydrogen-bond acceptors (Lipinski definition) is 4. The van der Waals surface area contributed by atoms with Crippen LogP contribution in [-0.4, -0.2) is 34.6 Å². The van der Waals surface area contributed by atoms with Crippen LogP contribution in [0.3, 0.4) is 0 Å². The molecule has 5 heteroatoms. The molecule has 0 amide bonds. The minimum atomic E-state index is -0.505. The van der Waals surface area contributed by atoms with Crippen LogP contribution < -0.4 is 10.1 Å². The van der Waals surface area contributed by atoms with Crippen molar-refractivity contribution in [1.29, 1.82) is 0 Å². The van der Waals surface area contributed by atoms with Crippen LogP contribution in [0.5, 0.6) is 5.75 Å². The highest BCUT2D eigenvalue weighted by molar-refractivity contribution is 5.56. The van der Waals surface area contributed by atoms with Crippen molar-refractivity contribution in [2.75, 3.05) is 19.0 Å². The highest BCUT2D eigenvalue weighted by Crippen LogP contribution is 2.22. The maximum atomic E-state index is 9.88. The van der Waals surface area contributed by atoms with Gasteiger partial charge >= 0.3 is 0 Å². The van der Waals surface area contributed by atoms with Crippen LogP contribution in [0.15, 0.2) is 42.7 Å². The van der Waals surface area contributed by atoms with Gasteiger partial charge in [-0.1, -0.05) is 12.1 Å². The van der Waals surface area contributed by atoms with Gasteiger partial charge in [0.1, 0.15) is 5.75 Å². The van der Waals surface area contributed by atoms with Crippen molar-refractivity contribution in [3.8, 4) is 5.75 Å². The Hall–Kier alpha value is -2.01. The summed E-state index contributed by atoms with van der Waals surface area (Å²) in [5.41, 5.74) is 0.875. The molecule has 1 heterocycles. The molecule has 5 nitrogen and oxygen atoms in total. The van der Waals surface area contributed by atoms with E-state index in [0.717, 1.165) is 11.4 Å². The van der Waals surface area contributed by atoms with Gasteiger partial charge in [-0.2, -0.15) is 5.10 Å². The zero-order valence-electron chi connectivity index (χ0n) is 10.3. The predicted octanol–water partition coefficient (Wildman–Crippen LogP) is 1.36. The van der Waals surface area contributed by atoms with Crippen LogP contribution in [0.25, 0.3) is 0 Å². The molecule has 0 aliphatic rings. The molecular formula is C13H17N3O2. The Kier molecular flexibility index (Phi) is 4.20. The fraction of sp³-hybridized carbons (Fsp3) is 0.308. The molecule has 0 radical (unpaired) electrons. The normalized spacial score (nSPS) is 12.1. The minimum Gasteiger partial charge on any atom is -0.495 e. The molecule has 0 saturated carbocycles. The summed E-state index contributed by atoms with van der Waals surface area (Å²) in [7, 11) is 1.63. The Balaban J connectivity index is 1.87. The fourth-order valence-electron chi connectivity index (χ4n) is 1.71. The summed E-state index contributed by atoms with van der Waals surface area (Å²) in [6.07, 6.45) is 3.02. The molecule has 2 N–H and O–H groups in total. The molecule has 96 valence electrons. The van der Waals surface area contributed by atoms with E-state index in [9.17, 15) is 5.11 Å². The van der Waals surface area contributed by atoms with E-state index in [-0.39, 0.29) is 0 Å². The first-order chi connectivity index (χ1) is 8.79. The zero-order valence-corrected chi connectivity index (χ0v) is 10.3. The monoisotopic (exact) mass is 247 g/mol. The summed E-state index contributed by atoms with van der Waals surface area (Å²) >= 11 is 0. The summed E-state index contributed by atoms with van der Waals surface area (Å²) in [5, 5.41) is 17.1. The zero-order chi connectivity index (χ0) is 12.8. The predicted molar refractivity (Wildman–Crippen MR) is 69.7 cm³/mol. The van der Waals surface area contributed by atoms with Gasteiger partial charge in [0.15, 0.2) is 0 Å². The third-order valence-corrected chi connectivity index (χ3v) is 2.59. The molecule has 0 aliphatic heterocycles. The van der Waals surface area contributed by atoms with E-state index in [0.29, 0.717) is 13.1 Å².